The quantitative estimate of drug-likeness (QED) is 0.654. The molecule has 0 aliphatic rings. The molecule has 0 saturated heterocycles. The number of carbonyl (C=O) groups is 2. The molecule has 0 saturated carbocycles. The fraction of sp³-hybridized carbons (Fsp3) is 0.273. The lowest BCUT2D eigenvalue weighted by Gasteiger charge is -2.06. The molecule has 0 aliphatic carbocycles. The van der Waals surface area contributed by atoms with E-state index in [-0.39, 0.29) is 5.91 Å². The summed E-state index contributed by atoms with van der Waals surface area (Å²) in [5.74, 6) is -0.262. The van der Waals surface area contributed by atoms with E-state index in [0.717, 1.165) is 11.1 Å². The fourth-order valence-corrected chi connectivity index (χ4v) is 1.33. The monoisotopic (exact) mass is 221 g/mol. The van der Waals surface area contributed by atoms with Crippen molar-refractivity contribution < 1.29 is 9.59 Å². The molecule has 0 fully saturated rings. The summed E-state index contributed by atoms with van der Waals surface area (Å²) in [7, 11) is 0. The van der Waals surface area contributed by atoms with Gasteiger partial charge in [-0.1, -0.05) is 24.3 Å². The van der Waals surface area contributed by atoms with Gasteiger partial charge in [-0.15, -0.1) is 0 Å². The molecule has 5 nitrogen and oxygen atoms in total. The molecule has 0 aromatic heterocycles. The SMILES string of the molecule is Cc1ccccc1CCC(=O)NNC(N)=O. The van der Waals surface area contributed by atoms with Crippen LogP contribution in [-0.2, 0) is 11.2 Å². The number of rotatable bonds is 3. The van der Waals surface area contributed by atoms with Crippen LogP contribution in [0.3, 0.4) is 0 Å². The Hall–Kier alpha value is -2.04. The second kappa shape index (κ2) is 5.75. The predicted octanol–water partition coefficient (Wildman–Crippen LogP) is 0.627. The largest absolute Gasteiger partial charge is 0.350 e. The first kappa shape index (κ1) is 12.0. The highest BCUT2D eigenvalue weighted by Gasteiger charge is 2.03. The molecule has 0 unspecified atom stereocenters. The van der Waals surface area contributed by atoms with Gasteiger partial charge in [0.1, 0.15) is 0 Å². The molecule has 4 N–H and O–H groups in total. The maximum absolute atomic E-state index is 11.3. The molecule has 0 radical (unpaired) electrons. The summed E-state index contributed by atoms with van der Waals surface area (Å²) in [6, 6.07) is 7.08. The summed E-state index contributed by atoms with van der Waals surface area (Å²) >= 11 is 0. The van der Waals surface area contributed by atoms with E-state index in [1.165, 1.54) is 0 Å². The van der Waals surface area contributed by atoms with Crippen molar-refractivity contribution in [3.05, 3.63) is 35.4 Å². The molecule has 5 heteroatoms. The number of nitrogens with one attached hydrogen (secondary N) is 2. The summed E-state index contributed by atoms with van der Waals surface area (Å²) in [4.78, 5) is 21.6. The third-order valence-corrected chi connectivity index (χ3v) is 2.21. The average Bonchev–Trinajstić information content (AvgIpc) is 2.25. The average molecular weight is 221 g/mol. The van der Waals surface area contributed by atoms with Crippen LogP contribution >= 0.6 is 0 Å². The molecule has 3 amide bonds. The van der Waals surface area contributed by atoms with Crippen LogP contribution in [0.25, 0.3) is 0 Å². The van der Waals surface area contributed by atoms with E-state index in [1.54, 1.807) is 0 Å². The van der Waals surface area contributed by atoms with Gasteiger partial charge >= 0.3 is 6.03 Å². The molecule has 86 valence electrons. The smallest absolute Gasteiger partial charge is 0.330 e. The van der Waals surface area contributed by atoms with Crippen molar-refractivity contribution >= 4 is 11.9 Å². The maximum atomic E-state index is 11.3. The number of hydrazine groups is 1. The Kier molecular flexibility index (Phi) is 4.32. The zero-order valence-corrected chi connectivity index (χ0v) is 9.12. The van der Waals surface area contributed by atoms with Crippen molar-refractivity contribution in [2.24, 2.45) is 5.73 Å². The van der Waals surface area contributed by atoms with Crippen LogP contribution in [0.2, 0.25) is 0 Å². The van der Waals surface area contributed by atoms with Crippen LogP contribution in [-0.4, -0.2) is 11.9 Å². The Bertz CT molecular complexity index is 391. The lowest BCUT2D eigenvalue weighted by Crippen LogP contribution is -2.44. The van der Waals surface area contributed by atoms with Crippen LogP contribution in [0.4, 0.5) is 4.79 Å². The second-order valence-corrected chi connectivity index (χ2v) is 3.46. The summed E-state index contributed by atoms with van der Waals surface area (Å²) in [5.41, 5.74) is 11.3. The Balaban J connectivity index is 2.37. The molecule has 0 atom stereocenters. The number of hydrogen-bond acceptors (Lipinski definition) is 2. The van der Waals surface area contributed by atoms with Gasteiger partial charge in [0.2, 0.25) is 5.91 Å². The van der Waals surface area contributed by atoms with Gasteiger partial charge in [-0.2, -0.15) is 0 Å². The Morgan fingerprint density at radius 3 is 2.56 bits per heavy atom. The lowest BCUT2D eigenvalue weighted by atomic mass is 10.0. The standard InChI is InChI=1S/C11H15N3O2/c1-8-4-2-3-5-9(8)6-7-10(15)13-14-11(12)16/h2-5H,6-7H2,1H3,(H,13,15)(H3,12,14,16). The first-order valence-corrected chi connectivity index (χ1v) is 4.98. The van der Waals surface area contributed by atoms with Gasteiger partial charge in [-0.05, 0) is 24.5 Å². The van der Waals surface area contributed by atoms with E-state index in [4.69, 9.17) is 5.73 Å². The normalized spacial score (nSPS) is 9.56. The van der Waals surface area contributed by atoms with Crippen molar-refractivity contribution in [2.45, 2.75) is 19.8 Å². The van der Waals surface area contributed by atoms with Crippen LogP contribution < -0.4 is 16.6 Å². The number of aryl methyl sites for hydroxylation is 2. The zero-order valence-electron chi connectivity index (χ0n) is 9.12. The van der Waals surface area contributed by atoms with Gasteiger partial charge < -0.3 is 5.73 Å². The third-order valence-electron chi connectivity index (χ3n) is 2.21. The van der Waals surface area contributed by atoms with Crippen molar-refractivity contribution in [1.82, 2.24) is 10.9 Å². The summed E-state index contributed by atoms with van der Waals surface area (Å²) in [5, 5.41) is 0. The van der Waals surface area contributed by atoms with Gasteiger partial charge in [0.25, 0.3) is 0 Å². The summed E-state index contributed by atoms with van der Waals surface area (Å²) in [6.07, 6.45) is 0.948. The molecule has 1 aromatic rings. The molecular formula is C11H15N3O2. The first-order valence-electron chi connectivity index (χ1n) is 4.98. The van der Waals surface area contributed by atoms with Gasteiger partial charge in [0, 0.05) is 6.42 Å². The van der Waals surface area contributed by atoms with E-state index in [0.29, 0.717) is 12.8 Å². The number of amides is 3. The fourth-order valence-electron chi connectivity index (χ4n) is 1.33. The third kappa shape index (κ3) is 4.00. The number of nitrogens with two attached hydrogens (primary N) is 1. The highest BCUT2D eigenvalue weighted by Crippen LogP contribution is 2.08. The minimum atomic E-state index is -0.774. The van der Waals surface area contributed by atoms with E-state index in [9.17, 15) is 9.59 Å². The molecule has 1 rings (SSSR count). The van der Waals surface area contributed by atoms with Crippen molar-refractivity contribution in [1.29, 1.82) is 0 Å². The number of urea groups is 1. The molecule has 0 aliphatic heterocycles. The molecular weight excluding hydrogens is 206 g/mol. The number of primary amides is 1. The molecule has 0 bridgehead atoms. The number of benzene rings is 1. The lowest BCUT2D eigenvalue weighted by molar-refractivity contribution is -0.121. The van der Waals surface area contributed by atoms with Gasteiger partial charge in [0.15, 0.2) is 0 Å². The van der Waals surface area contributed by atoms with E-state index >= 15 is 0 Å². The first-order chi connectivity index (χ1) is 7.59. The predicted molar refractivity (Wildman–Crippen MR) is 60.4 cm³/mol. The van der Waals surface area contributed by atoms with E-state index < -0.39 is 6.03 Å². The Morgan fingerprint density at radius 2 is 1.94 bits per heavy atom. The minimum absolute atomic E-state index is 0.262. The Morgan fingerprint density at radius 1 is 1.25 bits per heavy atom. The number of carbonyl (C=O) groups excluding carboxylic acids is 2. The van der Waals surface area contributed by atoms with Crippen LogP contribution in [0.5, 0.6) is 0 Å². The van der Waals surface area contributed by atoms with Gasteiger partial charge in [-0.25, -0.2) is 10.2 Å². The second-order valence-electron chi connectivity index (χ2n) is 3.46. The van der Waals surface area contributed by atoms with Crippen molar-refractivity contribution in [3.8, 4) is 0 Å². The van der Waals surface area contributed by atoms with Crippen LogP contribution in [0.1, 0.15) is 17.5 Å². The van der Waals surface area contributed by atoms with Crippen molar-refractivity contribution in [3.63, 3.8) is 0 Å². The van der Waals surface area contributed by atoms with Gasteiger partial charge in [-0.3, -0.25) is 10.2 Å². The molecule has 0 heterocycles. The zero-order chi connectivity index (χ0) is 12.0. The molecule has 16 heavy (non-hydrogen) atoms. The highest BCUT2D eigenvalue weighted by molar-refractivity contribution is 5.80. The number of hydrogen-bond donors (Lipinski definition) is 3. The summed E-state index contributed by atoms with van der Waals surface area (Å²) in [6.45, 7) is 1.99. The van der Waals surface area contributed by atoms with Crippen molar-refractivity contribution in [2.75, 3.05) is 0 Å². The molecule has 1 aromatic carbocycles. The van der Waals surface area contributed by atoms with Crippen LogP contribution in [0, 0.1) is 6.92 Å². The van der Waals surface area contributed by atoms with Crippen LogP contribution in [0.15, 0.2) is 24.3 Å². The molecule has 0 spiro atoms. The highest BCUT2D eigenvalue weighted by atomic mass is 16.2. The summed E-state index contributed by atoms with van der Waals surface area (Å²) < 4.78 is 0. The maximum Gasteiger partial charge on any atom is 0.330 e. The van der Waals surface area contributed by atoms with E-state index in [1.807, 2.05) is 36.6 Å². The Labute approximate surface area is 94.0 Å². The minimum Gasteiger partial charge on any atom is -0.350 e. The topological polar surface area (TPSA) is 84.2 Å². The van der Waals surface area contributed by atoms with E-state index in [2.05, 4.69) is 5.43 Å². The van der Waals surface area contributed by atoms with Gasteiger partial charge in [0.05, 0.1) is 0 Å².